The molecule has 2 rings (SSSR count). The van der Waals surface area contributed by atoms with Gasteiger partial charge in [0.15, 0.2) is 0 Å². The van der Waals surface area contributed by atoms with E-state index in [2.05, 4.69) is 0 Å². The average Bonchev–Trinajstić information content (AvgIpc) is 2.80. The molecule has 1 atom stereocenters. The number of carbonyl (C=O) groups is 2. The van der Waals surface area contributed by atoms with Crippen LogP contribution in [0.3, 0.4) is 0 Å². The van der Waals surface area contributed by atoms with Crippen LogP contribution in [0.2, 0.25) is 0 Å². The van der Waals surface area contributed by atoms with Crippen molar-refractivity contribution in [2.75, 3.05) is 12.0 Å². The van der Waals surface area contributed by atoms with E-state index in [9.17, 15) is 19.8 Å². The Hall–Kier alpha value is -1.51. The molecule has 1 saturated heterocycles. The van der Waals surface area contributed by atoms with E-state index in [0.29, 0.717) is 21.8 Å². The number of carbonyl (C=O) groups excluding carboxylic acids is 2. The van der Waals surface area contributed by atoms with Crippen LogP contribution in [0.4, 0.5) is 0 Å². The lowest BCUT2D eigenvalue weighted by atomic mass is 10.1. The zero-order valence-corrected chi connectivity index (χ0v) is 16.5. The summed E-state index contributed by atoms with van der Waals surface area (Å²) in [4.78, 5) is 25.6. The van der Waals surface area contributed by atoms with Crippen LogP contribution in [0.5, 0.6) is 5.75 Å². The number of amides is 1. The van der Waals surface area contributed by atoms with Gasteiger partial charge in [-0.1, -0.05) is 24.0 Å². The van der Waals surface area contributed by atoms with Crippen molar-refractivity contribution in [3.8, 4) is 5.75 Å². The first-order chi connectivity index (χ1) is 11.8. The Bertz CT molecular complexity index is 737. The van der Waals surface area contributed by atoms with Gasteiger partial charge in [0.25, 0.3) is 5.91 Å². The van der Waals surface area contributed by atoms with Crippen molar-refractivity contribution in [2.45, 2.75) is 26.3 Å². The molecular formula is C17H18NO4S3-. The maximum absolute atomic E-state index is 12.7. The fraction of sp³-hybridized carbons (Fsp3) is 0.353. The molecule has 1 amide bonds. The number of aryl methyl sites for hydroxylation is 2. The van der Waals surface area contributed by atoms with E-state index in [1.807, 2.05) is 6.26 Å². The highest BCUT2D eigenvalue weighted by Crippen LogP contribution is 2.35. The van der Waals surface area contributed by atoms with Gasteiger partial charge < -0.3 is 15.0 Å². The van der Waals surface area contributed by atoms with Crippen LogP contribution >= 0.6 is 35.7 Å². The van der Waals surface area contributed by atoms with Gasteiger partial charge >= 0.3 is 0 Å². The summed E-state index contributed by atoms with van der Waals surface area (Å²) in [5.41, 5.74) is 2.16. The Morgan fingerprint density at radius 3 is 2.56 bits per heavy atom. The topological polar surface area (TPSA) is 80.7 Å². The van der Waals surface area contributed by atoms with Crippen molar-refractivity contribution < 1.29 is 19.8 Å². The fourth-order valence-electron chi connectivity index (χ4n) is 2.55. The lowest BCUT2D eigenvalue weighted by Gasteiger charge is -2.27. The van der Waals surface area contributed by atoms with E-state index in [4.69, 9.17) is 12.2 Å². The maximum Gasteiger partial charge on any atom is 0.266 e. The smallest absolute Gasteiger partial charge is 0.266 e. The van der Waals surface area contributed by atoms with Crippen molar-refractivity contribution in [2.24, 2.45) is 0 Å². The lowest BCUT2D eigenvalue weighted by Crippen LogP contribution is -2.50. The zero-order valence-electron chi connectivity index (χ0n) is 14.1. The zero-order chi connectivity index (χ0) is 18.7. The number of carboxylic acid groups (broad SMARTS) is 1. The second-order valence-corrected chi connectivity index (χ2v) is 8.33. The monoisotopic (exact) mass is 396 g/mol. The summed E-state index contributed by atoms with van der Waals surface area (Å²) in [5.74, 6) is -0.916. The Morgan fingerprint density at radius 1 is 1.44 bits per heavy atom. The summed E-state index contributed by atoms with van der Waals surface area (Å²) in [6.45, 7) is 3.55. The second kappa shape index (κ2) is 8.25. The molecule has 0 aromatic heterocycles. The molecule has 0 bridgehead atoms. The van der Waals surface area contributed by atoms with Gasteiger partial charge in [-0.15, -0.1) is 0 Å². The first kappa shape index (κ1) is 19.8. The SMILES string of the molecule is CSCC[C@@H](C(=O)[O-])N1C(=O)/C(=C\c2cc(C)c(O)c(C)c2)SC1=S. The number of carboxylic acids is 1. The number of phenols is 1. The van der Waals surface area contributed by atoms with Gasteiger partial charge in [-0.3, -0.25) is 9.69 Å². The maximum atomic E-state index is 12.7. The van der Waals surface area contributed by atoms with E-state index in [0.717, 1.165) is 22.2 Å². The molecule has 25 heavy (non-hydrogen) atoms. The molecule has 0 unspecified atom stereocenters. The van der Waals surface area contributed by atoms with Gasteiger partial charge in [-0.25, -0.2) is 0 Å². The highest BCUT2D eigenvalue weighted by molar-refractivity contribution is 8.26. The Morgan fingerprint density at radius 2 is 2.04 bits per heavy atom. The van der Waals surface area contributed by atoms with Crippen molar-refractivity contribution in [3.63, 3.8) is 0 Å². The van der Waals surface area contributed by atoms with Crippen molar-refractivity contribution in [1.82, 2.24) is 4.90 Å². The first-order valence-corrected chi connectivity index (χ1v) is 10.1. The summed E-state index contributed by atoms with van der Waals surface area (Å²) < 4.78 is 0.221. The average molecular weight is 397 g/mol. The van der Waals surface area contributed by atoms with Gasteiger partial charge in [0.1, 0.15) is 10.1 Å². The summed E-state index contributed by atoms with van der Waals surface area (Å²) in [6, 6.07) is 2.46. The van der Waals surface area contributed by atoms with E-state index < -0.39 is 17.9 Å². The Labute approximate surface area is 160 Å². The van der Waals surface area contributed by atoms with Gasteiger partial charge in [0.2, 0.25) is 0 Å². The van der Waals surface area contributed by atoms with Crippen LogP contribution in [0.25, 0.3) is 6.08 Å². The molecule has 1 aromatic rings. The molecule has 1 fully saturated rings. The molecular weight excluding hydrogens is 378 g/mol. The highest BCUT2D eigenvalue weighted by atomic mass is 32.2. The molecule has 0 saturated carbocycles. The summed E-state index contributed by atoms with van der Waals surface area (Å²) in [7, 11) is 0. The predicted molar refractivity (Wildman–Crippen MR) is 104 cm³/mol. The molecule has 0 aliphatic carbocycles. The largest absolute Gasteiger partial charge is 0.548 e. The van der Waals surface area contributed by atoms with Crippen LogP contribution in [-0.4, -0.2) is 44.3 Å². The summed E-state index contributed by atoms with van der Waals surface area (Å²) in [5, 5.41) is 21.3. The number of benzene rings is 1. The van der Waals surface area contributed by atoms with Gasteiger partial charge in [0, 0.05) is 0 Å². The van der Waals surface area contributed by atoms with Crippen molar-refractivity contribution >= 4 is 58.0 Å². The predicted octanol–water partition coefficient (Wildman–Crippen LogP) is 2.08. The minimum Gasteiger partial charge on any atom is -0.548 e. The van der Waals surface area contributed by atoms with E-state index in [-0.39, 0.29) is 16.5 Å². The number of rotatable bonds is 6. The highest BCUT2D eigenvalue weighted by Gasteiger charge is 2.37. The molecule has 0 radical (unpaired) electrons. The molecule has 1 heterocycles. The summed E-state index contributed by atoms with van der Waals surface area (Å²) in [6.07, 6.45) is 3.81. The molecule has 8 heteroatoms. The molecule has 0 spiro atoms. The molecule has 134 valence electrons. The Kier molecular flexibility index (Phi) is 6.53. The minimum atomic E-state index is -1.30. The Balaban J connectivity index is 2.32. The molecule has 1 aliphatic rings. The molecule has 1 N–H and O–H groups in total. The van der Waals surface area contributed by atoms with Crippen LogP contribution < -0.4 is 5.11 Å². The number of aromatic hydroxyl groups is 1. The number of thiocarbonyl (C=S) groups is 1. The first-order valence-electron chi connectivity index (χ1n) is 7.53. The van der Waals surface area contributed by atoms with Crippen LogP contribution in [0.15, 0.2) is 17.0 Å². The van der Waals surface area contributed by atoms with E-state index in [1.165, 1.54) is 11.8 Å². The third-order valence-corrected chi connectivity index (χ3v) is 5.79. The van der Waals surface area contributed by atoms with Gasteiger partial charge in [0.05, 0.1) is 16.9 Å². The molecule has 1 aromatic carbocycles. The normalized spacial score (nSPS) is 17.4. The third kappa shape index (κ3) is 4.37. The third-order valence-electron chi connectivity index (χ3n) is 3.81. The van der Waals surface area contributed by atoms with Gasteiger partial charge in [-0.2, -0.15) is 11.8 Å². The number of hydrogen-bond acceptors (Lipinski definition) is 7. The fourth-order valence-corrected chi connectivity index (χ4v) is 4.37. The second-order valence-electron chi connectivity index (χ2n) is 5.67. The lowest BCUT2D eigenvalue weighted by molar-refractivity contribution is -0.310. The number of nitrogens with zero attached hydrogens (tertiary/aromatic N) is 1. The number of hydrogen-bond donors (Lipinski definition) is 1. The van der Waals surface area contributed by atoms with Gasteiger partial charge in [-0.05, 0) is 67.2 Å². The number of phenolic OH excluding ortho intramolecular Hbond substituents is 1. The minimum absolute atomic E-state index is 0.221. The summed E-state index contributed by atoms with van der Waals surface area (Å²) >= 11 is 7.80. The van der Waals surface area contributed by atoms with E-state index >= 15 is 0 Å². The van der Waals surface area contributed by atoms with E-state index in [1.54, 1.807) is 32.1 Å². The quantitative estimate of drug-likeness (QED) is 0.582. The van der Waals surface area contributed by atoms with Crippen LogP contribution in [-0.2, 0) is 9.59 Å². The van der Waals surface area contributed by atoms with Crippen molar-refractivity contribution in [3.05, 3.63) is 33.7 Å². The molecule has 5 nitrogen and oxygen atoms in total. The molecule has 1 aliphatic heterocycles. The number of thioether (sulfide) groups is 2. The van der Waals surface area contributed by atoms with Crippen LogP contribution in [0.1, 0.15) is 23.1 Å². The van der Waals surface area contributed by atoms with Crippen LogP contribution in [0, 0.1) is 13.8 Å². The van der Waals surface area contributed by atoms with Crippen molar-refractivity contribution in [1.29, 1.82) is 0 Å². The standard InChI is InChI=1S/C17H19NO4S3/c1-9-6-11(7-10(2)14(9)19)8-13-15(20)18(17(23)25-13)12(16(21)22)4-5-24-3/h6-8,12,19H,4-5H2,1-3H3,(H,21,22)/p-1/b13-8+/t12-/m0/s1. The number of aliphatic carboxylic acids is 1.